The van der Waals surface area contributed by atoms with Crippen molar-refractivity contribution in [3.05, 3.63) is 59.7 Å². The summed E-state index contributed by atoms with van der Waals surface area (Å²) >= 11 is 0. The number of phenols is 1. The number of carbonyl (C=O) groups excluding carboxylic acids is 1. The highest BCUT2D eigenvalue weighted by Gasteiger charge is 2.08. The maximum atomic E-state index is 11.9. The lowest BCUT2D eigenvalue weighted by molar-refractivity contribution is 0.0696. The van der Waals surface area contributed by atoms with Crippen LogP contribution in [0.4, 0.5) is 5.69 Å². The van der Waals surface area contributed by atoms with Crippen LogP contribution in [0.5, 0.6) is 5.75 Å². The molecule has 2 aromatic carbocycles. The second kappa shape index (κ2) is 5.22. The molecular weight excluding hydrogens is 246 g/mol. The number of benzene rings is 2. The van der Waals surface area contributed by atoms with Crippen molar-refractivity contribution in [1.82, 2.24) is 0 Å². The van der Waals surface area contributed by atoms with Crippen LogP contribution < -0.4 is 5.32 Å². The minimum absolute atomic E-state index is 0.00747. The molecule has 0 unspecified atom stereocenters. The smallest absolute Gasteiger partial charge is 0.335 e. The largest absolute Gasteiger partial charge is 0.508 e. The Morgan fingerprint density at radius 1 is 0.947 bits per heavy atom. The van der Waals surface area contributed by atoms with Crippen molar-refractivity contribution in [2.45, 2.75) is 0 Å². The number of hydrogen-bond acceptors (Lipinski definition) is 3. The van der Waals surface area contributed by atoms with Crippen LogP contribution in [0.25, 0.3) is 0 Å². The Labute approximate surface area is 109 Å². The minimum Gasteiger partial charge on any atom is -0.508 e. The molecule has 0 radical (unpaired) electrons. The van der Waals surface area contributed by atoms with Gasteiger partial charge in [0.2, 0.25) is 0 Å². The van der Waals surface area contributed by atoms with E-state index in [0.717, 1.165) is 0 Å². The number of carboxylic acids is 1. The highest BCUT2D eigenvalue weighted by Crippen LogP contribution is 2.15. The predicted molar refractivity (Wildman–Crippen MR) is 69.5 cm³/mol. The molecule has 0 saturated heterocycles. The molecular formula is C14H11NO4. The first-order valence-electron chi connectivity index (χ1n) is 5.50. The summed E-state index contributed by atoms with van der Waals surface area (Å²) in [6, 6.07) is 11.8. The number of hydrogen-bond donors (Lipinski definition) is 3. The number of nitrogens with one attached hydrogen (secondary N) is 1. The molecule has 0 atom stereocenters. The van der Waals surface area contributed by atoms with Gasteiger partial charge in [-0.25, -0.2) is 4.79 Å². The summed E-state index contributed by atoms with van der Waals surface area (Å²) < 4.78 is 0. The molecule has 5 heteroatoms. The third-order valence-electron chi connectivity index (χ3n) is 2.48. The van der Waals surface area contributed by atoms with E-state index in [2.05, 4.69) is 5.32 Å². The molecule has 0 bridgehead atoms. The van der Waals surface area contributed by atoms with Gasteiger partial charge in [-0.3, -0.25) is 4.79 Å². The molecule has 0 saturated carbocycles. The molecule has 2 rings (SSSR count). The Balaban J connectivity index is 2.19. The fourth-order valence-electron chi connectivity index (χ4n) is 1.58. The number of carbonyl (C=O) groups is 2. The molecule has 1 amide bonds. The van der Waals surface area contributed by atoms with Crippen LogP contribution in [-0.4, -0.2) is 22.1 Å². The number of rotatable bonds is 3. The summed E-state index contributed by atoms with van der Waals surface area (Å²) in [5, 5.41) is 20.7. The summed E-state index contributed by atoms with van der Waals surface area (Å²) in [5.41, 5.74) is 0.766. The topological polar surface area (TPSA) is 86.6 Å². The minimum atomic E-state index is -1.06. The number of carboxylic acid groups (broad SMARTS) is 1. The van der Waals surface area contributed by atoms with E-state index in [1.54, 1.807) is 24.3 Å². The van der Waals surface area contributed by atoms with E-state index < -0.39 is 11.9 Å². The molecule has 5 nitrogen and oxygen atoms in total. The van der Waals surface area contributed by atoms with Gasteiger partial charge >= 0.3 is 5.97 Å². The first kappa shape index (κ1) is 12.6. The quantitative estimate of drug-likeness (QED) is 0.787. The van der Waals surface area contributed by atoms with Gasteiger partial charge < -0.3 is 15.5 Å². The normalized spacial score (nSPS) is 9.89. The zero-order valence-corrected chi connectivity index (χ0v) is 9.83. The van der Waals surface area contributed by atoms with Crippen LogP contribution in [-0.2, 0) is 0 Å². The summed E-state index contributed by atoms with van der Waals surface area (Å²) in [7, 11) is 0. The number of anilines is 1. The molecule has 2 aromatic rings. The fourth-order valence-corrected chi connectivity index (χ4v) is 1.58. The molecule has 3 N–H and O–H groups in total. The molecule has 0 aliphatic rings. The van der Waals surface area contributed by atoms with Gasteiger partial charge in [-0.2, -0.15) is 0 Å². The molecule has 0 aliphatic carbocycles. The van der Waals surface area contributed by atoms with Gasteiger partial charge in [0.25, 0.3) is 5.91 Å². The van der Waals surface area contributed by atoms with Crippen LogP contribution in [0.3, 0.4) is 0 Å². The van der Waals surface area contributed by atoms with Gasteiger partial charge in [-0.1, -0.05) is 12.1 Å². The lowest BCUT2D eigenvalue weighted by Crippen LogP contribution is -2.12. The second-order valence-corrected chi connectivity index (χ2v) is 3.89. The number of aromatic hydroxyl groups is 1. The van der Waals surface area contributed by atoms with Crippen molar-refractivity contribution in [1.29, 1.82) is 0 Å². The molecule has 0 fully saturated rings. The van der Waals surface area contributed by atoms with Crippen LogP contribution in [0.1, 0.15) is 20.7 Å². The Morgan fingerprint density at radius 3 is 2.32 bits per heavy atom. The highest BCUT2D eigenvalue weighted by molar-refractivity contribution is 6.05. The lowest BCUT2D eigenvalue weighted by atomic mass is 10.1. The Bertz CT molecular complexity index is 637. The van der Waals surface area contributed by atoms with E-state index in [-0.39, 0.29) is 11.3 Å². The van der Waals surface area contributed by atoms with Crippen LogP contribution in [0.2, 0.25) is 0 Å². The maximum Gasteiger partial charge on any atom is 0.335 e. The summed E-state index contributed by atoms with van der Waals surface area (Å²) in [6.45, 7) is 0. The number of phenolic OH excluding ortho intramolecular Hbond substituents is 1. The lowest BCUT2D eigenvalue weighted by Gasteiger charge is -2.06. The third kappa shape index (κ3) is 3.10. The Morgan fingerprint density at radius 2 is 1.63 bits per heavy atom. The van der Waals surface area contributed by atoms with E-state index in [4.69, 9.17) is 5.11 Å². The van der Waals surface area contributed by atoms with Crippen LogP contribution >= 0.6 is 0 Å². The zero-order valence-electron chi connectivity index (χ0n) is 9.83. The zero-order chi connectivity index (χ0) is 13.8. The van der Waals surface area contributed by atoms with Gasteiger partial charge in [0, 0.05) is 11.3 Å². The van der Waals surface area contributed by atoms with Gasteiger partial charge in [0.05, 0.1) is 5.56 Å². The maximum absolute atomic E-state index is 11.9. The average Bonchev–Trinajstić information content (AvgIpc) is 2.39. The van der Waals surface area contributed by atoms with Crippen molar-refractivity contribution in [3.8, 4) is 5.75 Å². The predicted octanol–water partition coefficient (Wildman–Crippen LogP) is 2.34. The first-order chi connectivity index (χ1) is 9.06. The summed E-state index contributed by atoms with van der Waals surface area (Å²) in [5.74, 6) is -1.49. The van der Waals surface area contributed by atoms with Crippen molar-refractivity contribution in [3.63, 3.8) is 0 Å². The van der Waals surface area contributed by atoms with Crippen molar-refractivity contribution >= 4 is 17.6 Å². The Hall–Kier alpha value is -2.82. The molecule has 0 aliphatic heterocycles. The monoisotopic (exact) mass is 257 g/mol. The van der Waals surface area contributed by atoms with Crippen LogP contribution in [0.15, 0.2) is 48.5 Å². The van der Waals surface area contributed by atoms with Crippen LogP contribution in [0, 0.1) is 0 Å². The van der Waals surface area contributed by atoms with E-state index in [1.165, 1.54) is 24.3 Å². The van der Waals surface area contributed by atoms with E-state index in [0.29, 0.717) is 11.3 Å². The first-order valence-corrected chi connectivity index (χ1v) is 5.50. The van der Waals surface area contributed by atoms with Gasteiger partial charge in [-0.15, -0.1) is 0 Å². The standard InChI is InChI=1S/C14H11NO4/c16-12-6-2-3-9(8-12)13(17)15-11-5-1-4-10(7-11)14(18)19/h1-8,16H,(H,15,17)(H,18,19). The van der Waals surface area contributed by atoms with Gasteiger partial charge in [0.1, 0.15) is 5.75 Å². The molecule has 0 aromatic heterocycles. The Kier molecular flexibility index (Phi) is 3.47. The third-order valence-corrected chi connectivity index (χ3v) is 2.48. The second-order valence-electron chi connectivity index (χ2n) is 3.89. The average molecular weight is 257 g/mol. The van der Waals surface area contributed by atoms with E-state index in [9.17, 15) is 14.7 Å². The summed E-state index contributed by atoms with van der Waals surface area (Å²) in [4.78, 5) is 22.7. The SMILES string of the molecule is O=C(O)c1cccc(NC(=O)c2cccc(O)c2)c1. The van der Waals surface area contributed by atoms with Crippen molar-refractivity contribution in [2.75, 3.05) is 5.32 Å². The summed E-state index contributed by atoms with van der Waals surface area (Å²) in [6.07, 6.45) is 0. The number of aromatic carboxylic acids is 1. The van der Waals surface area contributed by atoms with E-state index >= 15 is 0 Å². The van der Waals surface area contributed by atoms with Crippen molar-refractivity contribution < 1.29 is 19.8 Å². The van der Waals surface area contributed by atoms with Gasteiger partial charge in [-0.05, 0) is 36.4 Å². The van der Waals surface area contributed by atoms with E-state index in [1.807, 2.05) is 0 Å². The fraction of sp³-hybridized carbons (Fsp3) is 0. The van der Waals surface area contributed by atoms with Crippen molar-refractivity contribution in [2.24, 2.45) is 0 Å². The molecule has 0 spiro atoms. The molecule has 96 valence electrons. The molecule has 19 heavy (non-hydrogen) atoms. The highest BCUT2D eigenvalue weighted by atomic mass is 16.4. The van der Waals surface area contributed by atoms with Gasteiger partial charge in [0.15, 0.2) is 0 Å². The molecule has 0 heterocycles. The number of amides is 1.